The fraction of sp³-hybridized carbons (Fsp3) is 0.526. The maximum atomic E-state index is 12.8. The van der Waals surface area contributed by atoms with Gasteiger partial charge in [0.15, 0.2) is 0 Å². The molecule has 1 unspecified atom stereocenters. The van der Waals surface area contributed by atoms with Crippen LogP contribution in [0.25, 0.3) is 0 Å². The minimum Gasteiger partial charge on any atom is -0.348 e. The van der Waals surface area contributed by atoms with Gasteiger partial charge in [-0.2, -0.15) is 0 Å². The van der Waals surface area contributed by atoms with Crippen molar-refractivity contribution in [2.24, 2.45) is 5.92 Å². The summed E-state index contributed by atoms with van der Waals surface area (Å²) in [5.74, 6) is -0.0798. The standard InChI is InChI=1S/C19H24ClN3O3/c1-12-7-9-19(10-8-12)17(25)23(18(26)22-19)11-16(24)21-13(2)14-3-5-15(20)6-4-14/h3-6,12-13H,7-11H2,1-2H3,(H,21,24)(H,22,26). The van der Waals surface area contributed by atoms with Crippen molar-refractivity contribution in [1.82, 2.24) is 15.5 Å². The number of carbonyl (C=O) groups is 3. The van der Waals surface area contributed by atoms with Crippen LogP contribution in [-0.2, 0) is 9.59 Å². The van der Waals surface area contributed by atoms with E-state index in [0.717, 1.165) is 23.3 Å². The van der Waals surface area contributed by atoms with Crippen molar-refractivity contribution >= 4 is 29.4 Å². The summed E-state index contributed by atoms with van der Waals surface area (Å²) in [5.41, 5.74) is 0.0868. The number of urea groups is 1. The molecule has 140 valence electrons. The van der Waals surface area contributed by atoms with Gasteiger partial charge in [0, 0.05) is 5.02 Å². The molecule has 0 aromatic heterocycles. The number of nitrogens with one attached hydrogen (secondary N) is 2. The van der Waals surface area contributed by atoms with Crippen molar-refractivity contribution < 1.29 is 14.4 Å². The van der Waals surface area contributed by atoms with Crippen LogP contribution in [0.5, 0.6) is 0 Å². The highest BCUT2D eigenvalue weighted by Gasteiger charge is 2.52. The largest absolute Gasteiger partial charge is 0.348 e. The number of hydrogen-bond donors (Lipinski definition) is 2. The third kappa shape index (κ3) is 3.70. The van der Waals surface area contributed by atoms with Gasteiger partial charge in [0.2, 0.25) is 5.91 Å². The maximum Gasteiger partial charge on any atom is 0.325 e. The van der Waals surface area contributed by atoms with Gasteiger partial charge in [0.05, 0.1) is 6.04 Å². The normalized spacial score (nSPS) is 26.7. The zero-order chi connectivity index (χ0) is 18.9. The summed E-state index contributed by atoms with van der Waals surface area (Å²) in [5, 5.41) is 6.28. The third-order valence-electron chi connectivity index (χ3n) is 5.42. The van der Waals surface area contributed by atoms with E-state index in [1.807, 2.05) is 19.1 Å². The molecule has 7 heteroatoms. The molecule has 1 heterocycles. The van der Waals surface area contributed by atoms with Crippen molar-refractivity contribution in [3.05, 3.63) is 34.9 Å². The summed E-state index contributed by atoms with van der Waals surface area (Å²) < 4.78 is 0. The monoisotopic (exact) mass is 377 g/mol. The molecule has 0 radical (unpaired) electrons. The van der Waals surface area contributed by atoms with E-state index < -0.39 is 11.6 Å². The first kappa shape index (κ1) is 18.7. The molecule has 2 aliphatic rings. The van der Waals surface area contributed by atoms with E-state index in [1.54, 1.807) is 12.1 Å². The summed E-state index contributed by atoms with van der Waals surface area (Å²) in [7, 11) is 0. The van der Waals surface area contributed by atoms with Crippen LogP contribution < -0.4 is 10.6 Å². The second-order valence-corrected chi connectivity index (χ2v) is 7.86. The summed E-state index contributed by atoms with van der Waals surface area (Å²) in [6.07, 6.45) is 3.08. The Morgan fingerprint density at radius 2 is 1.92 bits per heavy atom. The van der Waals surface area contributed by atoms with Gasteiger partial charge in [-0.1, -0.05) is 30.7 Å². The molecule has 1 saturated heterocycles. The fourth-order valence-electron chi connectivity index (χ4n) is 3.68. The Bertz CT molecular complexity index is 711. The minimum atomic E-state index is -0.814. The van der Waals surface area contributed by atoms with E-state index in [-0.39, 0.29) is 24.4 Å². The second-order valence-electron chi connectivity index (χ2n) is 7.43. The molecular formula is C19H24ClN3O3. The van der Waals surface area contributed by atoms with Crippen molar-refractivity contribution in [3.63, 3.8) is 0 Å². The maximum absolute atomic E-state index is 12.8. The smallest absolute Gasteiger partial charge is 0.325 e. The second kappa shape index (κ2) is 7.27. The van der Waals surface area contributed by atoms with Crippen molar-refractivity contribution in [2.45, 2.75) is 51.1 Å². The first-order valence-electron chi connectivity index (χ1n) is 9.00. The highest BCUT2D eigenvalue weighted by atomic mass is 35.5. The van der Waals surface area contributed by atoms with Gasteiger partial charge >= 0.3 is 6.03 Å². The van der Waals surface area contributed by atoms with Gasteiger partial charge in [-0.3, -0.25) is 14.5 Å². The molecule has 1 aromatic rings. The van der Waals surface area contributed by atoms with Crippen LogP contribution >= 0.6 is 11.6 Å². The van der Waals surface area contributed by atoms with E-state index >= 15 is 0 Å². The van der Waals surface area contributed by atoms with Crippen LogP contribution in [0.2, 0.25) is 5.02 Å². The van der Waals surface area contributed by atoms with Crippen molar-refractivity contribution in [2.75, 3.05) is 6.54 Å². The van der Waals surface area contributed by atoms with E-state index in [2.05, 4.69) is 17.6 Å². The topological polar surface area (TPSA) is 78.5 Å². The Labute approximate surface area is 158 Å². The predicted molar refractivity (Wildman–Crippen MR) is 98.6 cm³/mol. The van der Waals surface area contributed by atoms with Gasteiger partial charge in [-0.05, 0) is 56.2 Å². The van der Waals surface area contributed by atoms with Crippen LogP contribution in [0.3, 0.4) is 0 Å². The summed E-state index contributed by atoms with van der Waals surface area (Å²) in [6.45, 7) is 3.73. The number of imide groups is 1. The lowest BCUT2D eigenvalue weighted by Crippen LogP contribution is -2.50. The van der Waals surface area contributed by atoms with E-state index in [4.69, 9.17) is 11.6 Å². The minimum absolute atomic E-state index is 0.245. The van der Waals surface area contributed by atoms with Crippen molar-refractivity contribution in [1.29, 1.82) is 0 Å². The van der Waals surface area contributed by atoms with E-state index in [1.165, 1.54) is 0 Å². The SMILES string of the molecule is CC1CCC2(CC1)NC(=O)N(CC(=O)NC(C)c1ccc(Cl)cc1)C2=O. The van der Waals surface area contributed by atoms with Crippen molar-refractivity contribution in [3.8, 4) is 0 Å². The molecule has 4 amide bonds. The Morgan fingerprint density at radius 1 is 1.31 bits per heavy atom. The summed E-state index contributed by atoms with van der Waals surface area (Å²) >= 11 is 5.87. The lowest BCUT2D eigenvalue weighted by molar-refractivity contribution is -0.136. The van der Waals surface area contributed by atoms with Gasteiger partial charge in [-0.25, -0.2) is 4.79 Å². The average molecular weight is 378 g/mol. The van der Waals surface area contributed by atoms with E-state index in [9.17, 15) is 14.4 Å². The van der Waals surface area contributed by atoms with Gasteiger partial charge in [-0.15, -0.1) is 0 Å². The number of halogens is 1. The van der Waals surface area contributed by atoms with Gasteiger partial charge in [0.25, 0.3) is 5.91 Å². The molecule has 1 aromatic carbocycles. The van der Waals surface area contributed by atoms with Crippen LogP contribution in [0.15, 0.2) is 24.3 Å². The molecule has 1 aliphatic carbocycles. The number of nitrogens with zero attached hydrogens (tertiary/aromatic N) is 1. The zero-order valence-electron chi connectivity index (χ0n) is 15.0. The predicted octanol–water partition coefficient (Wildman–Crippen LogP) is 3.02. The molecule has 1 aliphatic heterocycles. The van der Waals surface area contributed by atoms with Gasteiger partial charge in [0.1, 0.15) is 12.1 Å². The van der Waals surface area contributed by atoms with Gasteiger partial charge < -0.3 is 10.6 Å². The molecular weight excluding hydrogens is 354 g/mol. The molecule has 1 spiro atoms. The molecule has 1 atom stereocenters. The number of rotatable bonds is 4. The summed E-state index contributed by atoms with van der Waals surface area (Å²) in [4.78, 5) is 38.4. The molecule has 1 saturated carbocycles. The highest BCUT2D eigenvalue weighted by Crippen LogP contribution is 2.36. The fourth-order valence-corrected chi connectivity index (χ4v) is 3.81. The molecule has 3 rings (SSSR count). The Kier molecular flexibility index (Phi) is 5.23. The quantitative estimate of drug-likeness (QED) is 0.791. The lowest BCUT2D eigenvalue weighted by Gasteiger charge is -2.33. The average Bonchev–Trinajstić information content (AvgIpc) is 2.82. The number of benzene rings is 1. The molecule has 2 fully saturated rings. The van der Waals surface area contributed by atoms with E-state index in [0.29, 0.717) is 23.8 Å². The Balaban J connectivity index is 1.61. The Morgan fingerprint density at radius 3 is 2.54 bits per heavy atom. The van der Waals surface area contributed by atoms with Crippen LogP contribution in [0.1, 0.15) is 51.1 Å². The molecule has 26 heavy (non-hydrogen) atoms. The third-order valence-corrected chi connectivity index (χ3v) is 5.67. The number of hydrogen-bond acceptors (Lipinski definition) is 3. The first-order chi connectivity index (χ1) is 12.3. The highest BCUT2D eigenvalue weighted by molar-refractivity contribution is 6.30. The van der Waals surface area contributed by atoms with Crippen LogP contribution in [0, 0.1) is 5.92 Å². The number of carbonyl (C=O) groups excluding carboxylic acids is 3. The molecule has 6 nitrogen and oxygen atoms in total. The lowest BCUT2D eigenvalue weighted by atomic mass is 9.77. The Hall–Kier alpha value is -2.08. The summed E-state index contributed by atoms with van der Waals surface area (Å²) in [6, 6.07) is 6.46. The van der Waals surface area contributed by atoms with Crippen LogP contribution in [-0.4, -0.2) is 34.8 Å². The number of amides is 4. The molecule has 0 bridgehead atoms. The first-order valence-corrected chi connectivity index (χ1v) is 9.37. The molecule has 2 N–H and O–H groups in total. The zero-order valence-corrected chi connectivity index (χ0v) is 15.8. The van der Waals surface area contributed by atoms with Crippen LogP contribution in [0.4, 0.5) is 4.79 Å².